The Balaban J connectivity index is 2.06. The van der Waals surface area contributed by atoms with Gasteiger partial charge in [-0.15, -0.1) is 0 Å². The van der Waals surface area contributed by atoms with Crippen molar-refractivity contribution in [1.29, 1.82) is 0 Å². The predicted molar refractivity (Wildman–Crippen MR) is 72.0 cm³/mol. The van der Waals surface area contributed by atoms with E-state index in [-0.39, 0.29) is 6.61 Å². The van der Waals surface area contributed by atoms with Gasteiger partial charge in [-0.05, 0) is 17.7 Å². The molecular formula is C14H21NO5. The minimum Gasteiger partial charge on any atom is -0.497 e. The molecule has 20 heavy (non-hydrogen) atoms. The highest BCUT2D eigenvalue weighted by atomic mass is 16.5. The van der Waals surface area contributed by atoms with E-state index >= 15 is 0 Å². The van der Waals surface area contributed by atoms with Crippen molar-refractivity contribution in [2.45, 2.75) is 25.0 Å². The van der Waals surface area contributed by atoms with E-state index in [1.165, 1.54) is 0 Å². The molecule has 0 saturated carbocycles. The van der Waals surface area contributed by atoms with Crippen LogP contribution >= 0.6 is 0 Å². The Morgan fingerprint density at radius 3 is 2.35 bits per heavy atom. The highest BCUT2D eigenvalue weighted by Crippen LogP contribution is 2.24. The Morgan fingerprint density at radius 2 is 1.80 bits per heavy atom. The third-order valence-corrected chi connectivity index (χ3v) is 3.76. The standard InChI is InChI=1S/C14H21NO5/c1-20-11-4-2-9(3-5-11)6-15-7-10(8-16)12(17)13(18)14(15)19/h2-5,10,12-14,16-19H,6-8H2,1H3/t10-,12-,13+,14?/m1/s1. The van der Waals surface area contributed by atoms with Crippen LogP contribution in [0.1, 0.15) is 5.56 Å². The molecule has 0 amide bonds. The number of hydrogen-bond acceptors (Lipinski definition) is 6. The Morgan fingerprint density at radius 1 is 1.15 bits per heavy atom. The molecule has 0 bridgehead atoms. The van der Waals surface area contributed by atoms with Crippen molar-refractivity contribution >= 4 is 0 Å². The summed E-state index contributed by atoms with van der Waals surface area (Å²) in [5.74, 6) is 0.281. The first-order valence-corrected chi connectivity index (χ1v) is 6.59. The van der Waals surface area contributed by atoms with Crippen LogP contribution in [0.4, 0.5) is 0 Å². The lowest BCUT2D eigenvalue weighted by molar-refractivity contribution is -0.185. The van der Waals surface area contributed by atoms with Gasteiger partial charge in [0.1, 0.15) is 18.1 Å². The maximum atomic E-state index is 9.99. The molecule has 4 atom stereocenters. The van der Waals surface area contributed by atoms with E-state index in [9.17, 15) is 20.4 Å². The minimum atomic E-state index is -1.28. The number of hydrogen-bond donors (Lipinski definition) is 4. The molecule has 1 aromatic carbocycles. The highest BCUT2D eigenvalue weighted by molar-refractivity contribution is 5.27. The Kier molecular flexibility index (Phi) is 4.95. The molecule has 0 aliphatic carbocycles. The molecule has 1 aromatic rings. The number of likely N-dealkylation sites (tertiary alicyclic amines) is 1. The molecule has 1 aliphatic rings. The molecule has 0 radical (unpaired) electrons. The van der Waals surface area contributed by atoms with Crippen LogP contribution in [-0.4, -0.2) is 64.0 Å². The van der Waals surface area contributed by atoms with E-state index in [1.807, 2.05) is 24.3 Å². The molecule has 1 aliphatic heterocycles. The van der Waals surface area contributed by atoms with Gasteiger partial charge in [-0.1, -0.05) is 12.1 Å². The third kappa shape index (κ3) is 3.11. The summed E-state index contributed by atoms with van der Waals surface area (Å²) in [6, 6.07) is 7.38. The molecule has 4 N–H and O–H groups in total. The fourth-order valence-corrected chi connectivity index (χ4v) is 2.48. The van der Waals surface area contributed by atoms with Gasteiger partial charge >= 0.3 is 0 Å². The van der Waals surface area contributed by atoms with E-state index in [1.54, 1.807) is 12.0 Å². The van der Waals surface area contributed by atoms with Gasteiger partial charge in [0.2, 0.25) is 0 Å². The van der Waals surface area contributed by atoms with Crippen molar-refractivity contribution in [3.8, 4) is 5.75 Å². The predicted octanol–water partition coefficient (Wildman–Crippen LogP) is -0.841. The Labute approximate surface area is 117 Å². The van der Waals surface area contributed by atoms with E-state index in [2.05, 4.69) is 0 Å². The second-order valence-electron chi connectivity index (χ2n) is 5.11. The molecular weight excluding hydrogens is 262 g/mol. The summed E-state index contributed by atoms with van der Waals surface area (Å²) in [6.07, 6.45) is -3.53. The lowest BCUT2D eigenvalue weighted by Gasteiger charge is -2.42. The average Bonchev–Trinajstić information content (AvgIpc) is 2.48. The normalized spacial score (nSPS) is 31.2. The molecule has 0 spiro atoms. The van der Waals surface area contributed by atoms with Crippen molar-refractivity contribution < 1.29 is 25.2 Å². The number of rotatable bonds is 4. The molecule has 6 nitrogen and oxygen atoms in total. The maximum Gasteiger partial charge on any atom is 0.136 e. The second-order valence-corrected chi connectivity index (χ2v) is 5.11. The minimum absolute atomic E-state index is 0.232. The van der Waals surface area contributed by atoms with Gasteiger partial charge < -0.3 is 25.2 Å². The van der Waals surface area contributed by atoms with Crippen molar-refractivity contribution in [2.75, 3.05) is 20.3 Å². The van der Waals surface area contributed by atoms with Crippen LogP contribution in [0.25, 0.3) is 0 Å². The van der Waals surface area contributed by atoms with E-state index in [4.69, 9.17) is 4.74 Å². The summed E-state index contributed by atoms with van der Waals surface area (Å²) in [4.78, 5) is 1.64. The number of nitrogens with zero attached hydrogens (tertiary/aromatic N) is 1. The van der Waals surface area contributed by atoms with E-state index in [0.717, 1.165) is 11.3 Å². The summed E-state index contributed by atoms with van der Waals surface area (Å²) >= 11 is 0. The van der Waals surface area contributed by atoms with Crippen LogP contribution in [0.15, 0.2) is 24.3 Å². The summed E-state index contributed by atoms with van der Waals surface area (Å²) < 4.78 is 5.08. The summed E-state index contributed by atoms with van der Waals surface area (Å²) in [7, 11) is 1.59. The van der Waals surface area contributed by atoms with Crippen molar-refractivity contribution in [2.24, 2.45) is 5.92 Å². The van der Waals surface area contributed by atoms with Gasteiger partial charge in [-0.3, -0.25) is 4.90 Å². The second kappa shape index (κ2) is 6.51. The fourth-order valence-electron chi connectivity index (χ4n) is 2.48. The van der Waals surface area contributed by atoms with Gasteiger partial charge in [0, 0.05) is 25.6 Å². The number of ether oxygens (including phenoxy) is 1. The highest BCUT2D eigenvalue weighted by Gasteiger charge is 2.40. The van der Waals surface area contributed by atoms with Gasteiger partial charge in [-0.2, -0.15) is 0 Å². The first kappa shape index (κ1) is 15.2. The molecule has 112 valence electrons. The monoisotopic (exact) mass is 283 g/mol. The van der Waals surface area contributed by atoms with Crippen LogP contribution in [0, 0.1) is 5.92 Å². The molecule has 2 rings (SSSR count). The van der Waals surface area contributed by atoms with Crippen LogP contribution in [-0.2, 0) is 6.54 Å². The number of piperidine rings is 1. The van der Waals surface area contributed by atoms with E-state index in [0.29, 0.717) is 13.1 Å². The molecule has 1 heterocycles. The van der Waals surface area contributed by atoms with Crippen LogP contribution in [0.5, 0.6) is 5.75 Å². The van der Waals surface area contributed by atoms with Crippen LogP contribution in [0.3, 0.4) is 0 Å². The summed E-state index contributed by atoms with van der Waals surface area (Å²) in [5, 5.41) is 38.8. The number of benzene rings is 1. The van der Waals surface area contributed by atoms with Gasteiger partial charge in [0.25, 0.3) is 0 Å². The van der Waals surface area contributed by atoms with Gasteiger partial charge in [-0.25, -0.2) is 0 Å². The molecule has 1 unspecified atom stereocenters. The zero-order valence-electron chi connectivity index (χ0n) is 11.4. The molecule has 6 heteroatoms. The molecule has 0 aromatic heterocycles. The van der Waals surface area contributed by atoms with Crippen molar-refractivity contribution in [3.63, 3.8) is 0 Å². The maximum absolute atomic E-state index is 9.99. The van der Waals surface area contributed by atoms with E-state index < -0.39 is 24.4 Å². The average molecular weight is 283 g/mol. The van der Waals surface area contributed by atoms with Crippen LogP contribution in [0.2, 0.25) is 0 Å². The smallest absolute Gasteiger partial charge is 0.136 e. The Hall–Kier alpha value is -1.18. The fraction of sp³-hybridized carbons (Fsp3) is 0.571. The lowest BCUT2D eigenvalue weighted by atomic mass is 9.91. The quantitative estimate of drug-likeness (QED) is 0.576. The SMILES string of the molecule is COc1ccc(CN2C[C@H](CO)[C@@H](O)[C@H](O)C2O)cc1. The topological polar surface area (TPSA) is 93.4 Å². The molecule has 1 saturated heterocycles. The number of methoxy groups -OCH3 is 1. The summed E-state index contributed by atoms with van der Waals surface area (Å²) in [6.45, 7) is 0.511. The zero-order valence-corrected chi connectivity index (χ0v) is 11.4. The molecule has 1 fully saturated rings. The number of aliphatic hydroxyl groups excluding tert-OH is 4. The van der Waals surface area contributed by atoms with Crippen LogP contribution < -0.4 is 4.74 Å². The van der Waals surface area contributed by atoms with Gasteiger partial charge in [0.15, 0.2) is 0 Å². The van der Waals surface area contributed by atoms with Crippen molar-refractivity contribution in [3.05, 3.63) is 29.8 Å². The van der Waals surface area contributed by atoms with Gasteiger partial charge in [0.05, 0.1) is 13.2 Å². The first-order chi connectivity index (χ1) is 9.56. The number of aliphatic hydroxyl groups is 4. The third-order valence-electron chi connectivity index (χ3n) is 3.76. The van der Waals surface area contributed by atoms with Crippen molar-refractivity contribution in [1.82, 2.24) is 4.90 Å². The lowest BCUT2D eigenvalue weighted by Crippen LogP contribution is -2.59. The zero-order chi connectivity index (χ0) is 14.7. The summed E-state index contributed by atoms with van der Waals surface area (Å²) in [5.41, 5.74) is 0.949. The largest absolute Gasteiger partial charge is 0.497 e. The Bertz CT molecular complexity index is 422. The first-order valence-electron chi connectivity index (χ1n) is 6.59.